The molecule has 4 heteroatoms. The Bertz CT molecular complexity index is 757. The van der Waals surface area contributed by atoms with Gasteiger partial charge >= 0.3 is 0 Å². The van der Waals surface area contributed by atoms with Crippen LogP contribution in [-0.4, -0.2) is 23.9 Å². The van der Waals surface area contributed by atoms with Crippen LogP contribution in [0.1, 0.15) is 69.4 Å². The summed E-state index contributed by atoms with van der Waals surface area (Å²) in [6.07, 6.45) is 6.86. The molecule has 1 aliphatic carbocycles. The summed E-state index contributed by atoms with van der Waals surface area (Å²) in [7, 11) is 0. The molecule has 0 saturated heterocycles. The second-order valence-corrected chi connectivity index (χ2v) is 8.68. The first-order chi connectivity index (χ1) is 14.6. The van der Waals surface area contributed by atoms with Crippen LogP contribution in [-0.2, 0) is 9.59 Å². The Kier molecular flexibility index (Phi) is 8.06. The molecular formula is C26H34N2O2. The van der Waals surface area contributed by atoms with Gasteiger partial charge in [0.25, 0.3) is 0 Å². The molecule has 160 valence electrons. The maximum atomic E-state index is 13.4. The second-order valence-electron chi connectivity index (χ2n) is 8.68. The normalized spacial score (nSPS) is 16.1. The summed E-state index contributed by atoms with van der Waals surface area (Å²) in [6, 6.07) is 19.2. The minimum absolute atomic E-state index is 0.00641. The molecule has 2 N–H and O–H groups in total. The zero-order valence-electron chi connectivity index (χ0n) is 18.1. The number of carbonyl (C=O) groups is 2. The Balaban J connectivity index is 1.77. The number of hydrogen-bond donors (Lipinski definition) is 2. The highest BCUT2D eigenvalue weighted by Crippen LogP contribution is 2.25. The molecule has 0 radical (unpaired) electrons. The number of rotatable bonds is 7. The molecule has 1 atom stereocenters. The number of carbonyl (C=O) groups excluding carboxylic acids is 2. The minimum atomic E-state index is -0.546. The van der Waals surface area contributed by atoms with Gasteiger partial charge in [-0.25, -0.2) is 0 Å². The number of amides is 2. The maximum Gasteiger partial charge on any atom is 0.243 e. The Morgan fingerprint density at radius 1 is 0.767 bits per heavy atom. The van der Waals surface area contributed by atoms with Crippen LogP contribution in [0.5, 0.6) is 0 Å². The van der Waals surface area contributed by atoms with E-state index in [1.54, 1.807) is 0 Å². The van der Waals surface area contributed by atoms with Crippen LogP contribution in [0, 0.1) is 5.92 Å². The molecule has 2 aromatic carbocycles. The van der Waals surface area contributed by atoms with Crippen molar-refractivity contribution in [3.8, 4) is 0 Å². The quantitative estimate of drug-likeness (QED) is 0.649. The van der Waals surface area contributed by atoms with Gasteiger partial charge in [-0.3, -0.25) is 9.59 Å². The first kappa shape index (κ1) is 22.1. The molecule has 1 aliphatic rings. The van der Waals surface area contributed by atoms with Gasteiger partial charge in [0.1, 0.15) is 6.04 Å². The minimum Gasteiger partial charge on any atom is -0.352 e. The summed E-state index contributed by atoms with van der Waals surface area (Å²) in [4.78, 5) is 26.5. The van der Waals surface area contributed by atoms with Crippen LogP contribution in [0.2, 0.25) is 0 Å². The zero-order valence-corrected chi connectivity index (χ0v) is 18.1. The van der Waals surface area contributed by atoms with Crippen LogP contribution in [0.15, 0.2) is 60.7 Å². The number of benzene rings is 2. The topological polar surface area (TPSA) is 58.2 Å². The summed E-state index contributed by atoms with van der Waals surface area (Å²) in [6.45, 7) is 3.97. The van der Waals surface area contributed by atoms with Gasteiger partial charge in [-0.15, -0.1) is 0 Å². The second kappa shape index (κ2) is 11.0. The molecule has 0 heterocycles. The Morgan fingerprint density at radius 3 is 1.73 bits per heavy atom. The monoisotopic (exact) mass is 406 g/mol. The van der Waals surface area contributed by atoms with Crippen molar-refractivity contribution in [3.63, 3.8) is 0 Å². The van der Waals surface area contributed by atoms with Crippen molar-refractivity contribution in [2.45, 2.75) is 70.4 Å². The van der Waals surface area contributed by atoms with Gasteiger partial charge in [0.15, 0.2) is 0 Å². The summed E-state index contributed by atoms with van der Waals surface area (Å²) < 4.78 is 0. The highest BCUT2D eigenvalue weighted by Gasteiger charge is 2.30. The molecule has 30 heavy (non-hydrogen) atoms. The predicted octanol–water partition coefficient (Wildman–Crippen LogP) is 4.80. The lowest BCUT2D eigenvalue weighted by Gasteiger charge is -2.27. The van der Waals surface area contributed by atoms with Crippen LogP contribution >= 0.6 is 0 Å². The van der Waals surface area contributed by atoms with E-state index < -0.39 is 12.0 Å². The van der Waals surface area contributed by atoms with E-state index in [9.17, 15) is 9.59 Å². The standard InChI is InChI=1S/C26H34N2O2/c1-19(2)24(26(30)27-22-17-11-3-4-12-18-22)28-25(29)23(20-13-7-5-8-14-20)21-15-9-6-10-16-21/h5-10,13-16,19,22-24H,3-4,11-12,17-18H2,1-2H3,(H,27,30)(H,28,29)/t24-/m1/s1. The average Bonchev–Trinajstić information content (AvgIpc) is 3.02. The molecule has 3 rings (SSSR count). The van der Waals surface area contributed by atoms with Gasteiger partial charge in [0, 0.05) is 6.04 Å². The van der Waals surface area contributed by atoms with E-state index in [2.05, 4.69) is 10.6 Å². The van der Waals surface area contributed by atoms with Crippen molar-refractivity contribution in [3.05, 3.63) is 71.8 Å². The Morgan fingerprint density at radius 2 is 1.27 bits per heavy atom. The molecular weight excluding hydrogens is 372 g/mol. The molecule has 0 unspecified atom stereocenters. The largest absolute Gasteiger partial charge is 0.352 e. The SMILES string of the molecule is CC(C)[C@@H](NC(=O)C(c1ccccc1)c1ccccc1)C(=O)NC1CCCCCC1. The van der Waals surface area contributed by atoms with E-state index in [4.69, 9.17) is 0 Å². The van der Waals surface area contributed by atoms with Gasteiger partial charge in [-0.2, -0.15) is 0 Å². The van der Waals surface area contributed by atoms with Crippen molar-refractivity contribution >= 4 is 11.8 Å². The average molecular weight is 407 g/mol. The first-order valence-corrected chi connectivity index (χ1v) is 11.3. The lowest BCUT2D eigenvalue weighted by Crippen LogP contribution is -2.53. The van der Waals surface area contributed by atoms with Crippen molar-refractivity contribution in [2.75, 3.05) is 0 Å². The Labute approximate surface area is 180 Å². The number of hydrogen-bond acceptors (Lipinski definition) is 2. The molecule has 0 bridgehead atoms. The van der Waals surface area contributed by atoms with Crippen LogP contribution < -0.4 is 10.6 Å². The lowest BCUT2D eigenvalue weighted by atomic mass is 9.89. The Hall–Kier alpha value is -2.62. The molecule has 0 spiro atoms. The molecule has 4 nitrogen and oxygen atoms in total. The highest BCUT2D eigenvalue weighted by molar-refractivity contribution is 5.92. The molecule has 0 aliphatic heterocycles. The highest BCUT2D eigenvalue weighted by atomic mass is 16.2. The van der Waals surface area contributed by atoms with E-state index in [1.807, 2.05) is 74.5 Å². The van der Waals surface area contributed by atoms with Crippen LogP contribution in [0.4, 0.5) is 0 Å². The van der Waals surface area contributed by atoms with Crippen molar-refractivity contribution in [2.24, 2.45) is 5.92 Å². The van der Waals surface area contributed by atoms with Crippen molar-refractivity contribution in [1.82, 2.24) is 10.6 Å². The summed E-state index contributed by atoms with van der Waals surface area (Å²) in [5.74, 6) is -0.640. The van der Waals surface area contributed by atoms with Gasteiger partial charge in [0.2, 0.25) is 11.8 Å². The fourth-order valence-corrected chi connectivity index (χ4v) is 4.27. The molecule has 1 saturated carbocycles. The summed E-state index contributed by atoms with van der Waals surface area (Å²) >= 11 is 0. The third-order valence-corrected chi connectivity index (χ3v) is 5.98. The maximum absolute atomic E-state index is 13.4. The summed E-state index contributed by atoms with van der Waals surface area (Å²) in [5.41, 5.74) is 1.85. The van der Waals surface area contributed by atoms with E-state index in [0.29, 0.717) is 0 Å². The molecule has 2 aromatic rings. The smallest absolute Gasteiger partial charge is 0.243 e. The predicted molar refractivity (Wildman–Crippen MR) is 121 cm³/mol. The van der Waals surface area contributed by atoms with Gasteiger partial charge in [0.05, 0.1) is 5.92 Å². The third kappa shape index (κ3) is 5.94. The van der Waals surface area contributed by atoms with Crippen molar-refractivity contribution < 1.29 is 9.59 Å². The van der Waals surface area contributed by atoms with E-state index >= 15 is 0 Å². The van der Waals surface area contributed by atoms with E-state index in [0.717, 1.165) is 36.8 Å². The van der Waals surface area contributed by atoms with Crippen LogP contribution in [0.3, 0.4) is 0 Å². The zero-order chi connectivity index (χ0) is 21.3. The summed E-state index contributed by atoms with van der Waals surface area (Å²) in [5, 5.41) is 6.28. The lowest BCUT2D eigenvalue weighted by molar-refractivity contribution is -0.130. The molecule has 1 fully saturated rings. The van der Waals surface area contributed by atoms with E-state index in [-0.39, 0.29) is 23.8 Å². The van der Waals surface area contributed by atoms with Gasteiger partial charge in [-0.1, -0.05) is 100 Å². The fourth-order valence-electron chi connectivity index (χ4n) is 4.27. The van der Waals surface area contributed by atoms with Gasteiger partial charge < -0.3 is 10.6 Å². The molecule has 2 amide bonds. The fraction of sp³-hybridized carbons (Fsp3) is 0.462. The third-order valence-electron chi connectivity index (χ3n) is 5.98. The van der Waals surface area contributed by atoms with Crippen LogP contribution in [0.25, 0.3) is 0 Å². The van der Waals surface area contributed by atoms with Gasteiger partial charge in [-0.05, 0) is 29.9 Å². The first-order valence-electron chi connectivity index (χ1n) is 11.3. The molecule has 0 aromatic heterocycles. The van der Waals surface area contributed by atoms with E-state index in [1.165, 1.54) is 12.8 Å². The van der Waals surface area contributed by atoms with Crippen molar-refractivity contribution in [1.29, 1.82) is 0 Å². The number of nitrogens with one attached hydrogen (secondary N) is 2.